The molecule has 0 bridgehead atoms. The second-order valence-electron chi connectivity index (χ2n) is 3.88. The number of carboxylic acid groups (broad SMARTS) is 1. The molecule has 1 aromatic rings. The zero-order chi connectivity index (χ0) is 14.0. The van der Waals surface area contributed by atoms with Crippen molar-refractivity contribution in [2.75, 3.05) is 16.9 Å². The van der Waals surface area contributed by atoms with Gasteiger partial charge in [0, 0.05) is 20.6 Å². The number of rotatable bonds is 3. The van der Waals surface area contributed by atoms with Crippen molar-refractivity contribution in [1.29, 1.82) is 0 Å². The molecule has 1 saturated heterocycles. The SMILES string of the molecule is O=C(O)c1cc(Br)cc(Br)c1NC(=O)C1CSCN1. The van der Waals surface area contributed by atoms with Crippen molar-refractivity contribution in [1.82, 2.24) is 5.32 Å². The van der Waals surface area contributed by atoms with Crippen molar-refractivity contribution in [3.63, 3.8) is 0 Å². The number of hydrogen-bond acceptors (Lipinski definition) is 4. The highest BCUT2D eigenvalue weighted by atomic mass is 79.9. The van der Waals surface area contributed by atoms with Gasteiger partial charge in [0.1, 0.15) is 0 Å². The van der Waals surface area contributed by atoms with E-state index in [1.54, 1.807) is 17.8 Å². The highest BCUT2D eigenvalue weighted by molar-refractivity contribution is 9.11. The van der Waals surface area contributed by atoms with Crippen LogP contribution in [-0.2, 0) is 4.79 Å². The number of carbonyl (C=O) groups excluding carboxylic acids is 1. The molecule has 5 nitrogen and oxygen atoms in total. The summed E-state index contributed by atoms with van der Waals surface area (Å²) in [4.78, 5) is 23.2. The molecule has 102 valence electrons. The molecule has 1 atom stereocenters. The number of aromatic carboxylic acids is 1. The van der Waals surface area contributed by atoms with Crippen molar-refractivity contribution in [3.8, 4) is 0 Å². The number of carbonyl (C=O) groups is 2. The molecule has 19 heavy (non-hydrogen) atoms. The molecular weight excluding hydrogens is 400 g/mol. The normalized spacial score (nSPS) is 18.3. The van der Waals surface area contributed by atoms with Gasteiger partial charge in [0.15, 0.2) is 0 Å². The average Bonchev–Trinajstić information content (AvgIpc) is 2.85. The smallest absolute Gasteiger partial charge is 0.337 e. The lowest BCUT2D eigenvalue weighted by atomic mass is 10.1. The van der Waals surface area contributed by atoms with Gasteiger partial charge in [-0.1, -0.05) is 15.9 Å². The molecule has 1 aliphatic heterocycles. The van der Waals surface area contributed by atoms with Crippen LogP contribution in [0.4, 0.5) is 5.69 Å². The van der Waals surface area contributed by atoms with E-state index in [2.05, 4.69) is 42.5 Å². The van der Waals surface area contributed by atoms with Gasteiger partial charge < -0.3 is 10.4 Å². The van der Waals surface area contributed by atoms with E-state index in [0.717, 1.165) is 5.88 Å². The van der Waals surface area contributed by atoms with Crippen LogP contribution in [0, 0.1) is 0 Å². The Morgan fingerprint density at radius 2 is 2.16 bits per heavy atom. The zero-order valence-corrected chi connectivity index (χ0v) is 13.6. The van der Waals surface area contributed by atoms with Crippen LogP contribution in [0.2, 0.25) is 0 Å². The maximum atomic E-state index is 12.0. The van der Waals surface area contributed by atoms with Gasteiger partial charge >= 0.3 is 5.97 Å². The minimum atomic E-state index is -1.09. The number of carboxylic acids is 1. The largest absolute Gasteiger partial charge is 0.478 e. The Hall–Kier alpha value is -0.570. The van der Waals surface area contributed by atoms with Crippen LogP contribution < -0.4 is 10.6 Å². The van der Waals surface area contributed by atoms with E-state index in [1.165, 1.54) is 6.07 Å². The van der Waals surface area contributed by atoms with Gasteiger partial charge in [-0.15, -0.1) is 11.8 Å². The second-order valence-corrected chi connectivity index (χ2v) is 6.68. The summed E-state index contributed by atoms with van der Waals surface area (Å²) in [6, 6.07) is 2.86. The van der Waals surface area contributed by atoms with Crippen LogP contribution in [0.25, 0.3) is 0 Å². The van der Waals surface area contributed by atoms with Gasteiger partial charge in [0.05, 0.1) is 17.3 Å². The molecule has 0 saturated carbocycles. The molecule has 0 aliphatic carbocycles. The minimum Gasteiger partial charge on any atom is -0.478 e. The quantitative estimate of drug-likeness (QED) is 0.714. The summed E-state index contributed by atoms with van der Waals surface area (Å²) in [6.45, 7) is 0. The van der Waals surface area contributed by atoms with Crippen LogP contribution in [0.1, 0.15) is 10.4 Å². The molecule has 8 heteroatoms. The van der Waals surface area contributed by atoms with Crippen molar-refractivity contribution in [2.24, 2.45) is 0 Å². The molecule has 1 fully saturated rings. The average molecular weight is 410 g/mol. The number of amides is 1. The van der Waals surface area contributed by atoms with E-state index < -0.39 is 5.97 Å². The maximum absolute atomic E-state index is 12.0. The molecule has 2 rings (SSSR count). The van der Waals surface area contributed by atoms with E-state index in [0.29, 0.717) is 14.7 Å². The number of nitrogens with one attached hydrogen (secondary N) is 2. The maximum Gasteiger partial charge on any atom is 0.337 e. The summed E-state index contributed by atoms with van der Waals surface area (Å²) < 4.78 is 1.16. The fourth-order valence-electron chi connectivity index (χ4n) is 1.64. The first-order valence-electron chi connectivity index (χ1n) is 5.33. The first-order valence-corrected chi connectivity index (χ1v) is 8.07. The van der Waals surface area contributed by atoms with E-state index in [-0.39, 0.29) is 23.2 Å². The predicted octanol–water partition coefficient (Wildman–Crippen LogP) is 2.51. The molecular formula is C11H10Br2N2O3S. The van der Waals surface area contributed by atoms with Gasteiger partial charge in [-0.05, 0) is 28.1 Å². The lowest BCUT2D eigenvalue weighted by Crippen LogP contribution is -2.37. The van der Waals surface area contributed by atoms with E-state index >= 15 is 0 Å². The number of thioether (sulfide) groups is 1. The number of hydrogen-bond donors (Lipinski definition) is 3. The third-order valence-corrected chi connectivity index (χ3v) is 4.59. The monoisotopic (exact) mass is 408 g/mol. The van der Waals surface area contributed by atoms with E-state index in [1.807, 2.05) is 0 Å². The molecule has 0 aromatic heterocycles. The highest BCUT2D eigenvalue weighted by Gasteiger charge is 2.25. The van der Waals surface area contributed by atoms with Crippen LogP contribution in [-0.4, -0.2) is 34.7 Å². The van der Waals surface area contributed by atoms with Crippen LogP contribution >= 0.6 is 43.6 Å². The highest BCUT2D eigenvalue weighted by Crippen LogP contribution is 2.31. The number of halogens is 2. The third-order valence-electron chi connectivity index (χ3n) is 2.57. The summed E-state index contributed by atoms with van der Waals surface area (Å²) in [6.07, 6.45) is 0. The van der Waals surface area contributed by atoms with Gasteiger partial charge in [-0.25, -0.2) is 4.79 Å². The fourth-order valence-corrected chi connectivity index (χ4v) is 3.91. The Morgan fingerprint density at radius 3 is 2.74 bits per heavy atom. The van der Waals surface area contributed by atoms with E-state index in [9.17, 15) is 14.7 Å². The summed E-state index contributed by atoms with van der Waals surface area (Å²) >= 11 is 8.13. The van der Waals surface area contributed by atoms with Gasteiger partial charge in [0.25, 0.3) is 0 Å². The van der Waals surface area contributed by atoms with Crippen LogP contribution in [0.5, 0.6) is 0 Å². The predicted molar refractivity (Wildman–Crippen MR) is 81.7 cm³/mol. The van der Waals surface area contributed by atoms with Crippen molar-refractivity contribution >= 4 is 61.2 Å². The molecule has 0 spiro atoms. The Morgan fingerprint density at radius 1 is 1.42 bits per heavy atom. The van der Waals surface area contributed by atoms with Crippen LogP contribution in [0.3, 0.4) is 0 Å². The molecule has 1 aliphatic rings. The zero-order valence-electron chi connectivity index (χ0n) is 9.57. The van der Waals surface area contributed by atoms with Crippen molar-refractivity contribution < 1.29 is 14.7 Å². The second kappa shape index (κ2) is 6.25. The Balaban J connectivity index is 2.28. The Bertz CT molecular complexity index is 533. The number of benzene rings is 1. The minimum absolute atomic E-state index is 0.0419. The topological polar surface area (TPSA) is 78.4 Å². The lowest BCUT2D eigenvalue weighted by molar-refractivity contribution is -0.117. The summed E-state index contributed by atoms with van der Waals surface area (Å²) in [5.74, 6) is 0.0925. The Kier molecular flexibility index (Phi) is 4.88. The standard InChI is InChI=1S/C11H10Br2N2O3S/c12-5-1-6(11(17)18)9(7(13)2-5)15-10(16)8-3-19-4-14-8/h1-2,8,14H,3-4H2,(H,15,16)(H,17,18). The van der Waals surface area contributed by atoms with Gasteiger partial charge in [-0.3, -0.25) is 10.1 Å². The lowest BCUT2D eigenvalue weighted by Gasteiger charge is -2.14. The molecule has 1 unspecified atom stereocenters. The third kappa shape index (κ3) is 3.50. The first-order chi connectivity index (χ1) is 8.99. The molecule has 0 radical (unpaired) electrons. The van der Waals surface area contributed by atoms with E-state index in [4.69, 9.17) is 0 Å². The van der Waals surface area contributed by atoms with Crippen molar-refractivity contribution in [3.05, 3.63) is 26.6 Å². The summed E-state index contributed by atoms with van der Waals surface area (Å²) in [7, 11) is 0. The van der Waals surface area contributed by atoms with Gasteiger partial charge in [0.2, 0.25) is 5.91 Å². The molecule has 1 heterocycles. The fraction of sp³-hybridized carbons (Fsp3) is 0.273. The number of anilines is 1. The van der Waals surface area contributed by atoms with Gasteiger partial charge in [-0.2, -0.15) is 0 Å². The van der Waals surface area contributed by atoms with Crippen LogP contribution in [0.15, 0.2) is 21.1 Å². The Labute approximate surface area is 130 Å². The molecule has 1 amide bonds. The van der Waals surface area contributed by atoms with Crippen molar-refractivity contribution in [2.45, 2.75) is 6.04 Å². The molecule has 3 N–H and O–H groups in total. The first kappa shape index (κ1) is 14.8. The summed E-state index contributed by atoms with van der Waals surface area (Å²) in [5.41, 5.74) is 0.319. The summed E-state index contributed by atoms with van der Waals surface area (Å²) in [5, 5.41) is 14.9. The molecule has 1 aromatic carbocycles.